The minimum absolute atomic E-state index is 0.549. The van der Waals surface area contributed by atoms with Gasteiger partial charge < -0.3 is 10.0 Å². The van der Waals surface area contributed by atoms with E-state index in [9.17, 15) is 4.79 Å². The lowest BCUT2D eigenvalue weighted by Crippen LogP contribution is -2.26. The summed E-state index contributed by atoms with van der Waals surface area (Å²) in [4.78, 5) is 16.9. The first-order valence-electron chi connectivity index (χ1n) is 6.24. The third kappa shape index (κ3) is 4.14. The first-order chi connectivity index (χ1) is 9.19. The SMILES string of the molecule is C#CCN(CC1CC1)c1ccc(/C=C/C(=O)O)cn1. The van der Waals surface area contributed by atoms with E-state index >= 15 is 0 Å². The summed E-state index contributed by atoms with van der Waals surface area (Å²) in [6.07, 6.45) is 12.2. The number of carboxylic acid groups (broad SMARTS) is 1. The lowest BCUT2D eigenvalue weighted by Gasteiger charge is -2.21. The summed E-state index contributed by atoms with van der Waals surface area (Å²) >= 11 is 0. The zero-order valence-corrected chi connectivity index (χ0v) is 10.6. The number of pyridine rings is 1. The maximum Gasteiger partial charge on any atom is 0.328 e. The van der Waals surface area contributed by atoms with Gasteiger partial charge in [0.25, 0.3) is 0 Å². The van der Waals surface area contributed by atoms with Crippen LogP contribution in [0.1, 0.15) is 18.4 Å². The number of rotatable bonds is 6. The molecule has 1 heterocycles. The molecule has 98 valence electrons. The first-order valence-corrected chi connectivity index (χ1v) is 6.24. The standard InChI is InChI=1S/C15H16N2O2/c1-2-9-17(11-13-3-4-13)14-7-5-12(10-16-14)6-8-15(18)19/h1,5-8,10,13H,3-4,9,11H2,(H,18,19)/b8-6+. The van der Waals surface area contributed by atoms with Gasteiger partial charge in [0.15, 0.2) is 0 Å². The smallest absolute Gasteiger partial charge is 0.328 e. The first kappa shape index (κ1) is 13.2. The van der Waals surface area contributed by atoms with Gasteiger partial charge in [-0.3, -0.25) is 0 Å². The molecule has 0 unspecified atom stereocenters. The van der Waals surface area contributed by atoms with E-state index in [1.165, 1.54) is 18.9 Å². The second kappa shape index (κ2) is 6.05. The number of hydrogen-bond donors (Lipinski definition) is 1. The molecule has 1 aromatic rings. The van der Waals surface area contributed by atoms with Gasteiger partial charge >= 0.3 is 5.97 Å². The van der Waals surface area contributed by atoms with Crippen LogP contribution in [0.15, 0.2) is 24.4 Å². The Labute approximate surface area is 112 Å². The summed E-state index contributed by atoms with van der Waals surface area (Å²) in [5.41, 5.74) is 0.762. The molecule has 0 bridgehead atoms. The normalized spacial score (nSPS) is 14.3. The molecule has 1 aliphatic carbocycles. The molecule has 0 spiro atoms. The molecule has 19 heavy (non-hydrogen) atoms. The van der Waals surface area contributed by atoms with Gasteiger partial charge in [-0.05, 0) is 42.5 Å². The molecule has 1 aromatic heterocycles. The molecular weight excluding hydrogens is 240 g/mol. The number of carboxylic acids is 1. The van der Waals surface area contributed by atoms with E-state index in [4.69, 9.17) is 11.5 Å². The molecule has 0 amide bonds. The second-order valence-corrected chi connectivity index (χ2v) is 4.65. The Morgan fingerprint density at radius 2 is 2.37 bits per heavy atom. The van der Waals surface area contributed by atoms with Crippen LogP contribution in [-0.2, 0) is 4.79 Å². The van der Waals surface area contributed by atoms with Crippen LogP contribution in [0.3, 0.4) is 0 Å². The Morgan fingerprint density at radius 3 is 2.89 bits per heavy atom. The number of nitrogens with zero attached hydrogens (tertiary/aromatic N) is 2. The van der Waals surface area contributed by atoms with Crippen molar-refractivity contribution in [2.45, 2.75) is 12.8 Å². The number of terminal acetylenes is 1. The third-order valence-electron chi connectivity index (χ3n) is 2.97. The maximum absolute atomic E-state index is 10.4. The second-order valence-electron chi connectivity index (χ2n) is 4.65. The minimum Gasteiger partial charge on any atom is -0.478 e. The van der Waals surface area contributed by atoms with Crippen LogP contribution in [0.2, 0.25) is 0 Å². The Kier molecular flexibility index (Phi) is 4.19. The lowest BCUT2D eigenvalue weighted by atomic mass is 10.2. The average Bonchev–Trinajstić information content (AvgIpc) is 3.20. The van der Waals surface area contributed by atoms with Crippen molar-refractivity contribution >= 4 is 17.9 Å². The van der Waals surface area contributed by atoms with E-state index in [-0.39, 0.29) is 0 Å². The predicted molar refractivity (Wildman–Crippen MR) is 74.7 cm³/mol. The van der Waals surface area contributed by atoms with Crippen LogP contribution in [0.4, 0.5) is 5.82 Å². The van der Waals surface area contributed by atoms with E-state index in [1.54, 1.807) is 6.20 Å². The fraction of sp³-hybridized carbons (Fsp3) is 0.333. The molecule has 1 saturated carbocycles. The highest BCUT2D eigenvalue weighted by Gasteiger charge is 2.24. The highest BCUT2D eigenvalue weighted by Crippen LogP contribution is 2.30. The Balaban J connectivity index is 2.06. The van der Waals surface area contributed by atoms with E-state index in [1.807, 2.05) is 12.1 Å². The molecule has 1 fully saturated rings. The van der Waals surface area contributed by atoms with Crippen LogP contribution >= 0.6 is 0 Å². The molecule has 0 aromatic carbocycles. The van der Waals surface area contributed by atoms with Crippen LogP contribution < -0.4 is 4.90 Å². The van der Waals surface area contributed by atoms with Gasteiger partial charge in [-0.2, -0.15) is 0 Å². The van der Waals surface area contributed by atoms with Gasteiger partial charge in [-0.25, -0.2) is 9.78 Å². The topological polar surface area (TPSA) is 53.4 Å². The van der Waals surface area contributed by atoms with Gasteiger partial charge in [-0.15, -0.1) is 6.42 Å². The molecule has 1 aliphatic rings. The minimum atomic E-state index is -0.966. The van der Waals surface area contributed by atoms with Gasteiger partial charge in [0.05, 0.1) is 6.54 Å². The highest BCUT2D eigenvalue weighted by atomic mass is 16.4. The largest absolute Gasteiger partial charge is 0.478 e. The molecule has 4 nitrogen and oxygen atoms in total. The van der Waals surface area contributed by atoms with Gasteiger partial charge in [0, 0.05) is 18.8 Å². The van der Waals surface area contributed by atoms with Crippen molar-refractivity contribution in [3.8, 4) is 12.3 Å². The molecule has 2 rings (SSSR count). The van der Waals surface area contributed by atoms with Crippen LogP contribution in [0, 0.1) is 18.3 Å². The van der Waals surface area contributed by atoms with Crippen molar-refractivity contribution in [2.75, 3.05) is 18.0 Å². The molecule has 0 aliphatic heterocycles. The van der Waals surface area contributed by atoms with Crippen molar-refractivity contribution in [3.63, 3.8) is 0 Å². The molecule has 0 atom stereocenters. The lowest BCUT2D eigenvalue weighted by molar-refractivity contribution is -0.131. The Morgan fingerprint density at radius 1 is 1.58 bits per heavy atom. The monoisotopic (exact) mass is 256 g/mol. The summed E-state index contributed by atoms with van der Waals surface area (Å²) in [5, 5.41) is 8.56. The molecular formula is C15H16N2O2. The number of carbonyl (C=O) groups is 1. The van der Waals surface area contributed by atoms with E-state index in [0.29, 0.717) is 6.54 Å². The van der Waals surface area contributed by atoms with Crippen LogP contribution in [0.25, 0.3) is 6.08 Å². The van der Waals surface area contributed by atoms with Crippen LogP contribution in [0.5, 0.6) is 0 Å². The van der Waals surface area contributed by atoms with Crippen LogP contribution in [-0.4, -0.2) is 29.1 Å². The summed E-state index contributed by atoms with van der Waals surface area (Å²) in [6.45, 7) is 1.50. The van der Waals surface area contributed by atoms with Crippen molar-refractivity contribution < 1.29 is 9.90 Å². The highest BCUT2D eigenvalue weighted by molar-refractivity contribution is 5.85. The molecule has 0 saturated heterocycles. The van der Waals surface area contributed by atoms with E-state index < -0.39 is 5.97 Å². The van der Waals surface area contributed by atoms with Crippen molar-refractivity contribution in [1.82, 2.24) is 4.98 Å². The van der Waals surface area contributed by atoms with Crippen molar-refractivity contribution in [2.24, 2.45) is 5.92 Å². The summed E-state index contributed by atoms with van der Waals surface area (Å²) in [6, 6.07) is 3.72. The fourth-order valence-corrected chi connectivity index (χ4v) is 1.81. The zero-order chi connectivity index (χ0) is 13.7. The zero-order valence-electron chi connectivity index (χ0n) is 10.6. The summed E-state index contributed by atoms with van der Waals surface area (Å²) < 4.78 is 0. The third-order valence-corrected chi connectivity index (χ3v) is 2.97. The quantitative estimate of drug-likeness (QED) is 0.625. The Bertz CT molecular complexity index is 510. The van der Waals surface area contributed by atoms with Gasteiger partial charge in [-0.1, -0.05) is 5.92 Å². The number of aliphatic carboxylic acids is 1. The van der Waals surface area contributed by atoms with Crippen molar-refractivity contribution in [1.29, 1.82) is 0 Å². The molecule has 1 N–H and O–H groups in total. The average molecular weight is 256 g/mol. The Hall–Kier alpha value is -2.28. The van der Waals surface area contributed by atoms with Gasteiger partial charge in [0.2, 0.25) is 0 Å². The predicted octanol–water partition coefficient (Wildman–Crippen LogP) is 2.03. The summed E-state index contributed by atoms with van der Waals surface area (Å²) in [7, 11) is 0. The maximum atomic E-state index is 10.4. The molecule has 0 radical (unpaired) electrons. The van der Waals surface area contributed by atoms with Gasteiger partial charge in [0.1, 0.15) is 5.82 Å². The van der Waals surface area contributed by atoms with E-state index in [0.717, 1.165) is 29.9 Å². The number of aromatic nitrogens is 1. The van der Waals surface area contributed by atoms with Crippen molar-refractivity contribution in [3.05, 3.63) is 30.0 Å². The summed E-state index contributed by atoms with van der Waals surface area (Å²) in [5.74, 6) is 3.26. The molecule has 4 heteroatoms. The number of anilines is 1. The number of hydrogen-bond acceptors (Lipinski definition) is 3. The fourth-order valence-electron chi connectivity index (χ4n) is 1.81. The van der Waals surface area contributed by atoms with E-state index in [2.05, 4.69) is 15.8 Å².